The molecule has 138 valence electrons. The Hall–Kier alpha value is -3.03. The Morgan fingerprint density at radius 2 is 2.00 bits per heavy atom. The highest BCUT2D eigenvalue weighted by Gasteiger charge is 2.46. The molecule has 3 rings (SSSR count). The van der Waals surface area contributed by atoms with Gasteiger partial charge in [0, 0.05) is 12.6 Å². The van der Waals surface area contributed by atoms with Gasteiger partial charge < -0.3 is 19.5 Å². The number of carbonyl (C=O) groups is 3. The van der Waals surface area contributed by atoms with Crippen molar-refractivity contribution in [3.8, 4) is 11.5 Å². The van der Waals surface area contributed by atoms with E-state index in [4.69, 9.17) is 14.2 Å². The fourth-order valence-corrected chi connectivity index (χ4v) is 3.10. The molecule has 1 aromatic carbocycles. The van der Waals surface area contributed by atoms with Crippen molar-refractivity contribution in [3.63, 3.8) is 0 Å². The number of rotatable bonds is 3. The Labute approximate surface area is 150 Å². The summed E-state index contributed by atoms with van der Waals surface area (Å²) in [6.45, 7) is 8.59. The van der Waals surface area contributed by atoms with E-state index in [1.807, 2.05) is 0 Å². The fourth-order valence-electron chi connectivity index (χ4n) is 3.10. The van der Waals surface area contributed by atoms with Gasteiger partial charge in [-0.15, -0.1) is 0 Å². The number of fused-ring (bicyclic) bond motifs is 1. The maximum Gasteiger partial charge on any atom is 0.328 e. The van der Waals surface area contributed by atoms with Crippen LogP contribution in [0.3, 0.4) is 0 Å². The van der Waals surface area contributed by atoms with Crippen LogP contribution in [0.15, 0.2) is 30.5 Å². The lowest BCUT2D eigenvalue weighted by Crippen LogP contribution is -2.55. The molecule has 1 N–H and O–H groups in total. The zero-order valence-corrected chi connectivity index (χ0v) is 14.8. The van der Waals surface area contributed by atoms with Gasteiger partial charge in [-0.25, -0.2) is 4.79 Å². The van der Waals surface area contributed by atoms with E-state index in [1.54, 1.807) is 32.0 Å². The number of esters is 1. The van der Waals surface area contributed by atoms with Crippen molar-refractivity contribution >= 4 is 17.9 Å². The summed E-state index contributed by atoms with van der Waals surface area (Å²) in [5, 5.41) is 2.48. The first-order valence-electron chi connectivity index (χ1n) is 8.19. The van der Waals surface area contributed by atoms with E-state index >= 15 is 0 Å². The summed E-state index contributed by atoms with van der Waals surface area (Å²) in [5.41, 5.74) is 0.729. The van der Waals surface area contributed by atoms with E-state index in [2.05, 4.69) is 11.9 Å². The quantitative estimate of drug-likeness (QED) is 0.830. The molecule has 2 aliphatic heterocycles. The Kier molecular flexibility index (Phi) is 4.58. The van der Waals surface area contributed by atoms with Crippen molar-refractivity contribution in [1.82, 2.24) is 10.2 Å². The average Bonchev–Trinajstić information content (AvgIpc) is 3.00. The van der Waals surface area contributed by atoms with Crippen molar-refractivity contribution < 1.29 is 28.6 Å². The number of urea groups is 1. The summed E-state index contributed by atoms with van der Waals surface area (Å²) in [7, 11) is 0. The first kappa shape index (κ1) is 17.8. The molecule has 0 aliphatic carbocycles. The summed E-state index contributed by atoms with van der Waals surface area (Å²) >= 11 is 0. The topological polar surface area (TPSA) is 94.2 Å². The number of carbonyl (C=O) groups excluding carboxylic acids is 3. The van der Waals surface area contributed by atoms with Crippen LogP contribution in [0.5, 0.6) is 11.5 Å². The molecule has 1 fully saturated rings. The minimum atomic E-state index is -0.945. The molecule has 8 nitrogen and oxygen atoms in total. The van der Waals surface area contributed by atoms with Crippen molar-refractivity contribution in [2.24, 2.45) is 5.92 Å². The number of amides is 3. The molecule has 26 heavy (non-hydrogen) atoms. The molecular weight excluding hydrogens is 340 g/mol. The Morgan fingerprint density at radius 1 is 1.31 bits per heavy atom. The summed E-state index contributed by atoms with van der Waals surface area (Å²) < 4.78 is 16.0. The zero-order valence-electron chi connectivity index (χ0n) is 14.8. The van der Waals surface area contributed by atoms with Gasteiger partial charge in [0.2, 0.25) is 12.7 Å². The third-order valence-corrected chi connectivity index (χ3v) is 4.14. The minimum Gasteiger partial charge on any atom is -0.462 e. The number of nitrogens with one attached hydrogen (secondary N) is 1. The molecule has 0 saturated carbocycles. The predicted octanol–water partition coefficient (Wildman–Crippen LogP) is 2.11. The van der Waals surface area contributed by atoms with Crippen molar-refractivity contribution in [2.45, 2.75) is 32.9 Å². The summed E-state index contributed by atoms with van der Waals surface area (Å²) in [6.07, 6.45) is -0.351. The molecule has 0 spiro atoms. The van der Waals surface area contributed by atoms with Gasteiger partial charge in [-0.2, -0.15) is 0 Å². The second-order valence-electron chi connectivity index (χ2n) is 6.37. The van der Waals surface area contributed by atoms with Crippen LogP contribution in [0.25, 0.3) is 0 Å². The van der Waals surface area contributed by atoms with Crippen LogP contribution in [-0.2, 0) is 14.3 Å². The van der Waals surface area contributed by atoms with Crippen LogP contribution in [0.2, 0.25) is 0 Å². The fraction of sp³-hybridized carbons (Fsp3) is 0.389. The number of benzene rings is 1. The van der Waals surface area contributed by atoms with E-state index in [-0.39, 0.29) is 18.6 Å². The minimum absolute atomic E-state index is 0.0892. The van der Waals surface area contributed by atoms with Gasteiger partial charge in [-0.05, 0) is 31.5 Å². The van der Waals surface area contributed by atoms with Crippen molar-refractivity contribution in [3.05, 3.63) is 36.0 Å². The maximum absolute atomic E-state index is 12.7. The lowest BCUT2D eigenvalue weighted by Gasteiger charge is -2.40. The van der Waals surface area contributed by atoms with Gasteiger partial charge in [-0.1, -0.05) is 12.6 Å². The molecule has 0 aromatic heterocycles. The van der Waals surface area contributed by atoms with E-state index in [0.717, 1.165) is 4.90 Å². The highest BCUT2D eigenvalue weighted by atomic mass is 16.7. The number of hydrogen-bond acceptors (Lipinski definition) is 6. The summed E-state index contributed by atoms with van der Waals surface area (Å²) in [4.78, 5) is 38.2. The van der Waals surface area contributed by atoms with Crippen molar-refractivity contribution in [1.29, 1.82) is 0 Å². The van der Waals surface area contributed by atoms with Gasteiger partial charge in [0.05, 0.1) is 12.1 Å². The second kappa shape index (κ2) is 6.70. The van der Waals surface area contributed by atoms with Gasteiger partial charge in [0.25, 0.3) is 0 Å². The largest absolute Gasteiger partial charge is 0.462 e. The molecular formula is C18H20N2O6. The number of ether oxygens (including phenoxy) is 3. The lowest BCUT2D eigenvalue weighted by molar-refractivity contribution is -0.154. The summed E-state index contributed by atoms with van der Waals surface area (Å²) in [6, 6.07) is 3.49. The molecule has 2 heterocycles. The monoisotopic (exact) mass is 360 g/mol. The van der Waals surface area contributed by atoms with Crippen LogP contribution < -0.4 is 14.8 Å². The molecule has 1 saturated heterocycles. The van der Waals surface area contributed by atoms with Gasteiger partial charge in [0.1, 0.15) is 5.92 Å². The summed E-state index contributed by atoms with van der Waals surface area (Å²) in [5.74, 6) is -0.972. The van der Waals surface area contributed by atoms with Crippen LogP contribution in [0.1, 0.15) is 32.4 Å². The van der Waals surface area contributed by atoms with Gasteiger partial charge >= 0.3 is 12.0 Å². The first-order chi connectivity index (χ1) is 12.3. The SMILES string of the molecule is C=C1NC(=O)N(C(C)=O)[C@H](c2ccc3c(c2)OCO3)[C@@H]1C(=O)OC(C)C. The molecule has 2 atom stereocenters. The number of nitrogens with zero attached hydrogens (tertiary/aromatic N) is 1. The van der Waals surface area contributed by atoms with Gasteiger partial charge in [0.15, 0.2) is 11.5 Å². The Balaban J connectivity index is 2.08. The third kappa shape index (κ3) is 3.10. The lowest BCUT2D eigenvalue weighted by atomic mass is 9.87. The maximum atomic E-state index is 12.7. The molecule has 2 aliphatic rings. The first-order valence-corrected chi connectivity index (χ1v) is 8.19. The molecule has 0 bridgehead atoms. The predicted molar refractivity (Wildman–Crippen MR) is 90.2 cm³/mol. The second-order valence-corrected chi connectivity index (χ2v) is 6.37. The van der Waals surface area contributed by atoms with Crippen LogP contribution in [0, 0.1) is 5.92 Å². The van der Waals surface area contributed by atoms with E-state index in [1.165, 1.54) is 6.92 Å². The average molecular weight is 360 g/mol. The third-order valence-electron chi connectivity index (χ3n) is 4.14. The standard InChI is InChI=1S/C18H20N2O6/c1-9(2)26-17(22)15-10(3)19-18(23)20(11(4)21)16(15)12-5-6-13-14(7-12)25-8-24-13/h5-7,9,15-16H,3,8H2,1-2,4H3,(H,19,23)/t15-,16-/m1/s1. The van der Waals surface area contributed by atoms with E-state index < -0.39 is 29.9 Å². The van der Waals surface area contributed by atoms with E-state index in [9.17, 15) is 14.4 Å². The highest BCUT2D eigenvalue weighted by Crippen LogP contribution is 2.41. The van der Waals surface area contributed by atoms with Crippen molar-refractivity contribution in [2.75, 3.05) is 6.79 Å². The Bertz CT molecular complexity index is 788. The molecule has 3 amide bonds. The van der Waals surface area contributed by atoms with Gasteiger partial charge in [-0.3, -0.25) is 14.5 Å². The molecule has 8 heteroatoms. The zero-order chi connectivity index (χ0) is 19.0. The normalized spacial score (nSPS) is 21.6. The van der Waals surface area contributed by atoms with Crippen LogP contribution in [-0.4, -0.2) is 35.7 Å². The molecule has 1 aromatic rings. The Morgan fingerprint density at radius 3 is 2.65 bits per heavy atom. The number of hydrogen-bond donors (Lipinski definition) is 1. The number of imide groups is 1. The molecule has 0 radical (unpaired) electrons. The van der Waals surface area contributed by atoms with E-state index in [0.29, 0.717) is 17.1 Å². The highest BCUT2D eigenvalue weighted by molar-refractivity contribution is 5.97. The van der Waals surface area contributed by atoms with Crippen LogP contribution >= 0.6 is 0 Å². The smallest absolute Gasteiger partial charge is 0.328 e. The van der Waals surface area contributed by atoms with Crippen LogP contribution in [0.4, 0.5) is 4.79 Å². The molecule has 0 unspecified atom stereocenters.